The standard InChI is InChI=1S/C22H32O6/c1-7-12(3)19(24)27-14-11-21(5)15(23)9-10-22(6,26-8-2)18(21)17-16(14)13(4)20(25)28-17/h7,14-18,23H,4,8-11H2,1-3,5-6H3/b12-7+/t14-,15-,16-,17+,18-,21+,22-/m1/s1. The number of ether oxygens (including phenoxy) is 3. The first-order chi connectivity index (χ1) is 13.1. The second-order valence-electron chi connectivity index (χ2n) is 8.82. The molecule has 0 radical (unpaired) electrons. The Morgan fingerprint density at radius 3 is 2.71 bits per heavy atom. The molecule has 6 nitrogen and oxygen atoms in total. The summed E-state index contributed by atoms with van der Waals surface area (Å²) in [5, 5.41) is 11.0. The summed E-state index contributed by atoms with van der Waals surface area (Å²) in [6.07, 6.45) is 1.69. The van der Waals surface area contributed by atoms with Gasteiger partial charge in [-0.05, 0) is 47.0 Å². The predicted molar refractivity (Wildman–Crippen MR) is 103 cm³/mol. The Hall–Kier alpha value is -1.66. The maximum absolute atomic E-state index is 12.5. The SMILES string of the molecule is C=C1C(=O)O[C@H]2[C@H]1[C@H](OC(=O)/C(C)=C/C)C[C@@]1(C)[C@H](O)CC[C@@](C)(OCC)[C@H]21. The molecule has 6 heteroatoms. The summed E-state index contributed by atoms with van der Waals surface area (Å²) in [5.41, 5.74) is -0.307. The fourth-order valence-corrected chi connectivity index (χ4v) is 5.63. The molecule has 2 saturated carbocycles. The maximum Gasteiger partial charge on any atom is 0.334 e. The molecule has 3 fully saturated rings. The van der Waals surface area contributed by atoms with Gasteiger partial charge in [0.1, 0.15) is 12.2 Å². The fraction of sp³-hybridized carbons (Fsp3) is 0.727. The molecular formula is C22H32O6. The van der Waals surface area contributed by atoms with Crippen LogP contribution in [0, 0.1) is 17.3 Å². The zero-order chi connectivity index (χ0) is 20.9. The van der Waals surface area contributed by atoms with E-state index in [2.05, 4.69) is 6.58 Å². The van der Waals surface area contributed by atoms with Crippen LogP contribution >= 0.6 is 0 Å². The van der Waals surface area contributed by atoms with E-state index >= 15 is 0 Å². The third-order valence-electron chi connectivity index (χ3n) is 7.16. The minimum Gasteiger partial charge on any atom is -0.458 e. The molecule has 3 aliphatic rings. The lowest BCUT2D eigenvalue weighted by atomic mass is 9.50. The zero-order valence-corrected chi connectivity index (χ0v) is 17.5. The number of rotatable bonds is 4. The predicted octanol–water partition coefficient (Wildman–Crippen LogP) is 2.94. The second kappa shape index (κ2) is 7.30. The van der Waals surface area contributed by atoms with Gasteiger partial charge in [0, 0.05) is 29.1 Å². The van der Waals surface area contributed by atoms with Crippen molar-refractivity contribution >= 4 is 11.9 Å². The highest BCUT2D eigenvalue weighted by atomic mass is 16.6. The Labute approximate surface area is 166 Å². The third kappa shape index (κ3) is 3.11. The molecule has 0 aromatic carbocycles. The Bertz CT molecular complexity index is 712. The first-order valence-corrected chi connectivity index (χ1v) is 10.1. The van der Waals surface area contributed by atoms with Crippen molar-refractivity contribution in [3.8, 4) is 0 Å². The first kappa shape index (κ1) is 21.1. The molecule has 0 unspecified atom stereocenters. The van der Waals surface area contributed by atoms with Gasteiger partial charge in [0.25, 0.3) is 0 Å². The van der Waals surface area contributed by atoms with Crippen LogP contribution in [-0.2, 0) is 23.8 Å². The van der Waals surface area contributed by atoms with Gasteiger partial charge in [0.05, 0.1) is 17.6 Å². The topological polar surface area (TPSA) is 82.1 Å². The molecule has 1 saturated heterocycles. The fourth-order valence-electron chi connectivity index (χ4n) is 5.63. The van der Waals surface area contributed by atoms with Crippen LogP contribution in [0.4, 0.5) is 0 Å². The molecule has 1 aliphatic heterocycles. The lowest BCUT2D eigenvalue weighted by molar-refractivity contribution is -0.243. The molecule has 0 aromatic rings. The lowest BCUT2D eigenvalue weighted by Crippen LogP contribution is -2.66. The number of hydrogen-bond donors (Lipinski definition) is 1. The number of esters is 2. The van der Waals surface area contributed by atoms with Crippen LogP contribution in [0.25, 0.3) is 0 Å². The highest BCUT2D eigenvalue weighted by Crippen LogP contribution is 2.60. The molecule has 7 atom stereocenters. The first-order valence-electron chi connectivity index (χ1n) is 10.1. The van der Waals surface area contributed by atoms with Crippen molar-refractivity contribution in [2.75, 3.05) is 6.61 Å². The third-order valence-corrected chi connectivity index (χ3v) is 7.16. The number of aliphatic hydroxyl groups excluding tert-OH is 1. The van der Waals surface area contributed by atoms with Crippen molar-refractivity contribution < 1.29 is 28.9 Å². The molecule has 156 valence electrons. The van der Waals surface area contributed by atoms with Gasteiger partial charge in [0.15, 0.2) is 0 Å². The monoisotopic (exact) mass is 392 g/mol. The second-order valence-corrected chi connectivity index (χ2v) is 8.82. The van der Waals surface area contributed by atoms with Crippen molar-refractivity contribution in [3.63, 3.8) is 0 Å². The number of carbonyl (C=O) groups excluding carboxylic acids is 2. The smallest absolute Gasteiger partial charge is 0.334 e. The van der Waals surface area contributed by atoms with Crippen molar-refractivity contribution in [3.05, 3.63) is 23.8 Å². The van der Waals surface area contributed by atoms with Crippen molar-refractivity contribution in [2.24, 2.45) is 17.3 Å². The van der Waals surface area contributed by atoms with E-state index in [9.17, 15) is 14.7 Å². The van der Waals surface area contributed by atoms with Crippen LogP contribution in [-0.4, -0.2) is 47.6 Å². The van der Waals surface area contributed by atoms with Gasteiger partial charge in [-0.25, -0.2) is 9.59 Å². The van der Waals surface area contributed by atoms with Crippen LogP contribution in [0.5, 0.6) is 0 Å². The Morgan fingerprint density at radius 2 is 2.11 bits per heavy atom. The number of aliphatic hydroxyl groups is 1. The van der Waals surface area contributed by atoms with Crippen LogP contribution in [0.1, 0.15) is 53.9 Å². The van der Waals surface area contributed by atoms with E-state index in [4.69, 9.17) is 14.2 Å². The van der Waals surface area contributed by atoms with E-state index in [-0.39, 0.29) is 5.92 Å². The largest absolute Gasteiger partial charge is 0.458 e. The van der Waals surface area contributed by atoms with E-state index < -0.39 is 47.2 Å². The summed E-state index contributed by atoms with van der Waals surface area (Å²) in [7, 11) is 0. The number of hydrogen-bond acceptors (Lipinski definition) is 6. The molecule has 1 heterocycles. The quantitative estimate of drug-likeness (QED) is 0.585. The van der Waals surface area contributed by atoms with E-state index in [1.807, 2.05) is 20.8 Å². The molecule has 28 heavy (non-hydrogen) atoms. The van der Waals surface area contributed by atoms with E-state index in [1.165, 1.54) is 0 Å². The van der Waals surface area contributed by atoms with Crippen LogP contribution in [0.2, 0.25) is 0 Å². The average Bonchev–Trinajstić information content (AvgIpc) is 2.92. The van der Waals surface area contributed by atoms with Crippen LogP contribution in [0.3, 0.4) is 0 Å². The van der Waals surface area contributed by atoms with Crippen LogP contribution < -0.4 is 0 Å². The summed E-state index contributed by atoms with van der Waals surface area (Å²) in [6.45, 7) is 13.9. The van der Waals surface area contributed by atoms with Gasteiger partial charge in [0.2, 0.25) is 0 Å². The van der Waals surface area contributed by atoms with Crippen molar-refractivity contribution in [1.82, 2.24) is 0 Å². The summed E-state index contributed by atoms with van der Waals surface area (Å²) >= 11 is 0. The molecule has 3 rings (SSSR count). The minimum atomic E-state index is -0.608. The number of allylic oxidation sites excluding steroid dienone is 1. The van der Waals surface area contributed by atoms with E-state index in [1.54, 1.807) is 19.9 Å². The Kier molecular flexibility index (Phi) is 5.49. The molecular weight excluding hydrogens is 360 g/mol. The highest BCUT2D eigenvalue weighted by molar-refractivity contribution is 5.91. The van der Waals surface area contributed by atoms with Crippen molar-refractivity contribution in [1.29, 1.82) is 0 Å². The van der Waals surface area contributed by atoms with Gasteiger partial charge < -0.3 is 19.3 Å². The van der Waals surface area contributed by atoms with Crippen LogP contribution in [0.15, 0.2) is 23.8 Å². The van der Waals surface area contributed by atoms with Gasteiger partial charge in [-0.15, -0.1) is 0 Å². The molecule has 2 aliphatic carbocycles. The van der Waals surface area contributed by atoms with Crippen molar-refractivity contribution in [2.45, 2.75) is 77.8 Å². The number of carbonyl (C=O) groups is 2. The molecule has 0 aromatic heterocycles. The van der Waals surface area contributed by atoms with Gasteiger partial charge >= 0.3 is 11.9 Å². The van der Waals surface area contributed by atoms with E-state index in [0.717, 1.165) is 0 Å². The summed E-state index contributed by atoms with van der Waals surface area (Å²) in [4.78, 5) is 24.9. The average molecular weight is 392 g/mol. The lowest BCUT2D eigenvalue weighted by Gasteiger charge is -2.59. The zero-order valence-electron chi connectivity index (χ0n) is 17.5. The van der Waals surface area contributed by atoms with E-state index in [0.29, 0.717) is 37.0 Å². The molecule has 1 N–H and O–H groups in total. The molecule has 0 amide bonds. The molecule has 0 spiro atoms. The highest BCUT2D eigenvalue weighted by Gasteiger charge is 2.67. The van der Waals surface area contributed by atoms with Gasteiger partial charge in [-0.1, -0.05) is 19.6 Å². The molecule has 0 bridgehead atoms. The summed E-state index contributed by atoms with van der Waals surface area (Å²) < 4.78 is 17.7. The Balaban J connectivity index is 2.04. The van der Waals surface area contributed by atoms with Gasteiger partial charge in [-0.3, -0.25) is 0 Å². The maximum atomic E-state index is 12.5. The number of fused-ring (bicyclic) bond motifs is 3. The Morgan fingerprint density at radius 1 is 1.43 bits per heavy atom. The normalized spacial score (nSPS) is 43.2. The summed E-state index contributed by atoms with van der Waals surface area (Å²) in [6, 6.07) is 0. The minimum absolute atomic E-state index is 0.213. The summed E-state index contributed by atoms with van der Waals surface area (Å²) in [5.74, 6) is -1.51. The van der Waals surface area contributed by atoms with Gasteiger partial charge in [-0.2, -0.15) is 0 Å².